The van der Waals surface area contributed by atoms with Crippen LogP contribution >= 0.6 is 0 Å². The monoisotopic (exact) mass is 346 g/mol. The maximum Gasteiger partial charge on any atom is 0.315 e. The highest BCUT2D eigenvalue weighted by molar-refractivity contribution is 7.85. The van der Waals surface area contributed by atoms with Crippen molar-refractivity contribution in [1.29, 1.82) is 0 Å². The van der Waals surface area contributed by atoms with E-state index in [1.807, 2.05) is 34.6 Å². The third kappa shape index (κ3) is 6.07. The SMILES string of the molecule is CC[S@@](=O)[C@@H]1CCCC[C@@H]1NC(=O)NCC(C)(C)[C@H](O)C(C)C. The zero-order chi connectivity index (χ0) is 17.6. The maximum atomic E-state index is 12.2. The first kappa shape index (κ1) is 20.4. The van der Waals surface area contributed by atoms with Gasteiger partial charge in [0.2, 0.25) is 0 Å². The van der Waals surface area contributed by atoms with Crippen molar-refractivity contribution in [3.05, 3.63) is 0 Å². The van der Waals surface area contributed by atoms with Crippen molar-refractivity contribution in [1.82, 2.24) is 10.6 Å². The van der Waals surface area contributed by atoms with Gasteiger partial charge >= 0.3 is 6.03 Å². The average molecular weight is 347 g/mol. The number of carbonyl (C=O) groups excluding carboxylic acids is 1. The van der Waals surface area contributed by atoms with Gasteiger partial charge in [0.25, 0.3) is 0 Å². The molecule has 1 saturated carbocycles. The van der Waals surface area contributed by atoms with Crippen LogP contribution in [-0.4, -0.2) is 45.0 Å². The summed E-state index contributed by atoms with van der Waals surface area (Å²) in [6.45, 7) is 10.2. The molecule has 1 rings (SSSR count). The van der Waals surface area contributed by atoms with Gasteiger partial charge in [0.1, 0.15) is 0 Å². The van der Waals surface area contributed by atoms with E-state index in [0.717, 1.165) is 25.7 Å². The second kappa shape index (κ2) is 9.02. The summed E-state index contributed by atoms with van der Waals surface area (Å²) in [6, 6.07) is -0.235. The topological polar surface area (TPSA) is 78.4 Å². The van der Waals surface area contributed by atoms with Gasteiger partial charge in [-0.2, -0.15) is 0 Å². The standard InChI is InChI=1S/C17H34N2O3S/c1-6-23(22)14-10-8-7-9-13(14)19-16(21)18-11-17(4,5)15(20)12(2)3/h12-15,20H,6-11H2,1-5H3,(H2,18,19,21)/t13-,14+,15+,23+/m0/s1. The Morgan fingerprint density at radius 1 is 1.30 bits per heavy atom. The molecule has 0 radical (unpaired) electrons. The van der Waals surface area contributed by atoms with E-state index in [4.69, 9.17) is 0 Å². The van der Waals surface area contributed by atoms with Crippen LogP contribution in [0.4, 0.5) is 4.79 Å². The lowest BCUT2D eigenvalue weighted by molar-refractivity contribution is 0.0151. The Hall–Kier alpha value is -0.620. The molecule has 0 aliphatic heterocycles. The molecule has 6 heteroatoms. The van der Waals surface area contributed by atoms with E-state index in [1.54, 1.807) is 0 Å². The van der Waals surface area contributed by atoms with Crippen LogP contribution in [0.15, 0.2) is 0 Å². The zero-order valence-corrected chi connectivity index (χ0v) is 16.0. The van der Waals surface area contributed by atoms with Crippen LogP contribution in [0, 0.1) is 11.3 Å². The summed E-state index contributed by atoms with van der Waals surface area (Å²) in [7, 11) is -0.877. The summed E-state index contributed by atoms with van der Waals surface area (Å²) in [5.41, 5.74) is -0.385. The van der Waals surface area contributed by atoms with Gasteiger partial charge in [0.15, 0.2) is 0 Å². The van der Waals surface area contributed by atoms with Crippen LogP contribution in [-0.2, 0) is 10.8 Å². The summed E-state index contributed by atoms with van der Waals surface area (Å²) < 4.78 is 12.1. The Bertz CT molecular complexity index is 413. The normalized spacial score (nSPS) is 25.0. The quantitative estimate of drug-likeness (QED) is 0.662. The number of amides is 2. The molecule has 23 heavy (non-hydrogen) atoms. The molecule has 4 atom stereocenters. The number of carbonyl (C=O) groups is 1. The fourth-order valence-corrected chi connectivity index (χ4v) is 4.75. The molecule has 0 spiro atoms. The highest BCUT2D eigenvalue weighted by Crippen LogP contribution is 2.25. The summed E-state index contributed by atoms with van der Waals surface area (Å²) in [5.74, 6) is 0.780. The fourth-order valence-electron chi connectivity index (χ4n) is 3.33. The van der Waals surface area contributed by atoms with Crippen molar-refractivity contribution >= 4 is 16.8 Å². The van der Waals surface area contributed by atoms with Crippen LogP contribution in [0.5, 0.6) is 0 Å². The van der Waals surface area contributed by atoms with Gasteiger partial charge in [-0.15, -0.1) is 0 Å². The van der Waals surface area contributed by atoms with E-state index < -0.39 is 16.9 Å². The molecule has 2 amide bonds. The van der Waals surface area contributed by atoms with Gasteiger partial charge in [-0.25, -0.2) is 4.79 Å². The minimum absolute atomic E-state index is 0.0114. The maximum absolute atomic E-state index is 12.2. The second-order valence-electron chi connectivity index (χ2n) is 7.60. The molecule has 0 aromatic heterocycles. The predicted octanol–water partition coefficient (Wildman–Crippen LogP) is 2.41. The molecule has 0 heterocycles. The van der Waals surface area contributed by atoms with Crippen molar-refractivity contribution in [2.45, 2.75) is 77.7 Å². The Morgan fingerprint density at radius 2 is 1.91 bits per heavy atom. The fraction of sp³-hybridized carbons (Fsp3) is 0.941. The number of hydrogen-bond acceptors (Lipinski definition) is 3. The third-order valence-electron chi connectivity index (χ3n) is 4.78. The molecule has 136 valence electrons. The number of rotatable bonds is 7. The van der Waals surface area contributed by atoms with Crippen LogP contribution in [0.1, 0.15) is 60.3 Å². The van der Waals surface area contributed by atoms with Gasteiger partial charge < -0.3 is 15.7 Å². The summed E-state index contributed by atoms with van der Waals surface area (Å²) >= 11 is 0. The Balaban J connectivity index is 2.53. The van der Waals surface area contributed by atoms with E-state index in [-0.39, 0.29) is 28.7 Å². The minimum atomic E-state index is -0.877. The molecule has 1 aliphatic carbocycles. The molecular weight excluding hydrogens is 312 g/mol. The first-order valence-corrected chi connectivity index (χ1v) is 10.2. The number of urea groups is 1. The number of hydrogen-bond donors (Lipinski definition) is 3. The van der Waals surface area contributed by atoms with Crippen molar-refractivity contribution in [2.75, 3.05) is 12.3 Å². The lowest BCUT2D eigenvalue weighted by atomic mass is 9.81. The third-order valence-corrected chi connectivity index (χ3v) is 6.59. The summed E-state index contributed by atoms with van der Waals surface area (Å²) in [6.07, 6.45) is 3.49. The van der Waals surface area contributed by atoms with E-state index >= 15 is 0 Å². The van der Waals surface area contributed by atoms with Gasteiger partial charge in [0, 0.05) is 34.6 Å². The first-order chi connectivity index (χ1) is 10.7. The van der Waals surface area contributed by atoms with E-state index in [9.17, 15) is 14.1 Å². The highest BCUT2D eigenvalue weighted by atomic mass is 32.2. The minimum Gasteiger partial charge on any atom is -0.392 e. The number of aliphatic hydroxyl groups excluding tert-OH is 1. The Labute approximate surface area is 143 Å². The second-order valence-corrected chi connectivity index (χ2v) is 9.55. The number of aliphatic hydroxyl groups is 1. The molecular formula is C17H34N2O3S. The van der Waals surface area contributed by atoms with E-state index in [0.29, 0.717) is 12.3 Å². The lowest BCUT2D eigenvalue weighted by Gasteiger charge is -2.34. The molecule has 1 aliphatic rings. The summed E-state index contributed by atoms with van der Waals surface area (Å²) in [4.78, 5) is 12.2. The molecule has 1 fully saturated rings. The van der Waals surface area contributed by atoms with Crippen molar-refractivity contribution in [3.8, 4) is 0 Å². The van der Waals surface area contributed by atoms with Gasteiger partial charge in [0.05, 0.1) is 11.4 Å². The summed E-state index contributed by atoms with van der Waals surface area (Å²) in [5, 5.41) is 16.2. The smallest absolute Gasteiger partial charge is 0.315 e. The van der Waals surface area contributed by atoms with E-state index in [2.05, 4.69) is 10.6 Å². The molecule has 0 saturated heterocycles. The van der Waals surface area contributed by atoms with Crippen LogP contribution in [0.25, 0.3) is 0 Å². The zero-order valence-electron chi connectivity index (χ0n) is 15.2. The molecule has 5 nitrogen and oxygen atoms in total. The predicted molar refractivity (Wildman–Crippen MR) is 95.9 cm³/mol. The Kier molecular flexibility index (Phi) is 8.01. The molecule has 0 aromatic carbocycles. The van der Waals surface area contributed by atoms with Crippen molar-refractivity contribution in [2.24, 2.45) is 11.3 Å². The van der Waals surface area contributed by atoms with Crippen molar-refractivity contribution < 1.29 is 14.1 Å². The average Bonchev–Trinajstić information content (AvgIpc) is 2.52. The first-order valence-electron chi connectivity index (χ1n) is 8.78. The van der Waals surface area contributed by atoms with Gasteiger partial charge in [-0.05, 0) is 18.8 Å². The molecule has 3 N–H and O–H groups in total. The largest absolute Gasteiger partial charge is 0.392 e. The lowest BCUT2D eigenvalue weighted by Crippen LogP contribution is -2.53. The van der Waals surface area contributed by atoms with Gasteiger partial charge in [-0.1, -0.05) is 47.5 Å². The molecule has 0 unspecified atom stereocenters. The molecule has 0 aromatic rings. The number of nitrogens with one attached hydrogen (secondary N) is 2. The van der Waals surface area contributed by atoms with Gasteiger partial charge in [-0.3, -0.25) is 4.21 Å². The Morgan fingerprint density at radius 3 is 2.48 bits per heavy atom. The molecule has 0 bridgehead atoms. The van der Waals surface area contributed by atoms with Crippen molar-refractivity contribution in [3.63, 3.8) is 0 Å². The van der Waals surface area contributed by atoms with Crippen LogP contribution in [0.2, 0.25) is 0 Å². The van der Waals surface area contributed by atoms with E-state index in [1.165, 1.54) is 0 Å². The van der Waals surface area contributed by atoms with Crippen LogP contribution < -0.4 is 10.6 Å². The van der Waals surface area contributed by atoms with Crippen LogP contribution in [0.3, 0.4) is 0 Å². The highest BCUT2D eigenvalue weighted by Gasteiger charge is 2.32.